The summed E-state index contributed by atoms with van der Waals surface area (Å²) in [6, 6.07) is 9.55. The van der Waals surface area contributed by atoms with Gasteiger partial charge in [-0.3, -0.25) is 9.69 Å². The number of fused-ring (bicyclic) bond motifs is 1. The molecule has 0 saturated heterocycles. The molecule has 0 radical (unpaired) electrons. The fourth-order valence-electron chi connectivity index (χ4n) is 2.53. The molecule has 0 bridgehead atoms. The van der Waals surface area contributed by atoms with Crippen LogP contribution in [-0.2, 0) is 0 Å². The molecule has 1 aromatic carbocycles. The summed E-state index contributed by atoms with van der Waals surface area (Å²) in [4.78, 5) is 34.0. The number of hydrogen-bond donors (Lipinski definition) is 2. The van der Waals surface area contributed by atoms with Crippen molar-refractivity contribution >= 4 is 51.6 Å². The molecular formula is C18H17N3O3S2. The van der Waals surface area contributed by atoms with Crippen LogP contribution in [0.4, 0.5) is 5.82 Å². The van der Waals surface area contributed by atoms with Crippen molar-refractivity contribution in [3.63, 3.8) is 0 Å². The van der Waals surface area contributed by atoms with Crippen LogP contribution in [0.3, 0.4) is 0 Å². The molecule has 1 amide bonds. The third-order valence-electron chi connectivity index (χ3n) is 3.72. The number of amides is 1. The van der Waals surface area contributed by atoms with Crippen LogP contribution in [0.25, 0.3) is 10.3 Å². The highest BCUT2D eigenvalue weighted by atomic mass is 32.1. The molecule has 0 aliphatic rings. The molecule has 0 aliphatic carbocycles. The van der Waals surface area contributed by atoms with E-state index in [0.29, 0.717) is 21.9 Å². The number of aromatic carboxylic acids is 1. The number of aromatic nitrogens is 2. The lowest BCUT2D eigenvalue weighted by Crippen LogP contribution is -2.34. The van der Waals surface area contributed by atoms with Crippen LogP contribution >= 0.6 is 23.6 Å². The third kappa shape index (κ3) is 3.81. The van der Waals surface area contributed by atoms with Crippen molar-refractivity contribution in [2.45, 2.75) is 13.8 Å². The van der Waals surface area contributed by atoms with Crippen LogP contribution in [0.15, 0.2) is 36.4 Å². The van der Waals surface area contributed by atoms with Gasteiger partial charge in [0.25, 0.3) is 5.91 Å². The molecule has 6 nitrogen and oxygen atoms in total. The van der Waals surface area contributed by atoms with Crippen molar-refractivity contribution in [2.75, 3.05) is 11.4 Å². The molecule has 0 atom stereocenters. The Hall–Kier alpha value is -2.58. The van der Waals surface area contributed by atoms with Crippen molar-refractivity contribution in [2.24, 2.45) is 5.92 Å². The van der Waals surface area contributed by atoms with E-state index in [1.54, 1.807) is 11.0 Å². The van der Waals surface area contributed by atoms with E-state index in [1.165, 1.54) is 35.6 Å². The molecule has 0 aliphatic heterocycles. The lowest BCUT2D eigenvalue weighted by atomic mass is 10.1. The second kappa shape index (κ2) is 7.35. The predicted molar refractivity (Wildman–Crippen MR) is 105 cm³/mol. The van der Waals surface area contributed by atoms with E-state index in [2.05, 4.69) is 9.97 Å². The van der Waals surface area contributed by atoms with E-state index in [0.717, 1.165) is 10.3 Å². The Morgan fingerprint density at radius 2 is 1.85 bits per heavy atom. The number of H-pyrrole nitrogens is 1. The van der Waals surface area contributed by atoms with E-state index in [1.807, 2.05) is 19.9 Å². The highest BCUT2D eigenvalue weighted by molar-refractivity contribution is 7.73. The molecular weight excluding hydrogens is 370 g/mol. The number of carbonyl (C=O) groups is 2. The van der Waals surface area contributed by atoms with Gasteiger partial charge < -0.3 is 10.1 Å². The number of carbonyl (C=O) groups excluding carboxylic acids is 1. The minimum absolute atomic E-state index is 0.142. The van der Waals surface area contributed by atoms with Crippen LogP contribution in [-0.4, -0.2) is 33.5 Å². The summed E-state index contributed by atoms with van der Waals surface area (Å²) in [7, 11) is 0. The summed E-state index contributed by atoms with van der Waals surface area (Å²) in [5.74, 6) is -0.464. The minimum Gasteiger partial charge on any atom is -0.478 e. The maximum Gasteiger partial charge on any atom is 0.335 e. The first-order valence-electron chi connectivity index (χ1n) is 8.00. The average Bonchev–Trinajstić information content (AvgIpc) is 2.98. The number of benzene rings is 1. The number of aromatic amines is 1. The van der Waals surface area contributed by atoms with E-state index in [-0.39, 0.29) is 17.4 Å². The summed E-state index contributed by atoms with van der Waals surface area (Å²) in [5.41, 5.74) is 1.40. The van der Waals surface area contributed by atoms with Crippen molar-refractivity contribution in [1.82, 2.24) is 9.97 Å². The normalized spacial score (nSPS) is 11.0. The Morgan fingerprint density at radius 3 is 2.46 bits per heavy atom. The number of nitrogens with one attached hydrogen (secondary N) is 1. The van der Waals surface area contributed by atoms with Gasteiger partial charge in [-0.2, -0.15) is 0 Å². The lowest BCUT2D eigenvalue weighted by molar-refractivity contribution is 0.0696. The van der Waals surface area contributed by atoms with Gasteiger partial charge in [-0.05, 0) is 54.5 Å². The van der Waals surface area contributed by atoms with Gasteiger partial charge in [0.2, 0.25) is 0 Å². The third-order valence-corrected chi connectivity index (χ3v) is 4.86. The zero-order chi connectivity index (χ0) is 18.8. The molecule has 3 aromatic rings. The summed E-state index contributed by atoms with van der Waals surface area (Å²) >= 11 is 6.51. The number of rotatable bonds is 5. The number of carboxylic acid groups (broad SMARTS) is 1. The summed E-state index contributed by atoms with van der Waals surface area (Å²) < 4.78 is 0.635. The Labute approximate surface area is 159 Å². The second-order valence-electron chi connectivity index (χ2n) is 6.23. The van der Waals surface area contributed by atoms with E-state index >= 15 is 0 Å². The summed E-state index contributed by atoms with van der Waals surface area (Å²) in [5, 5.41) is 9.01. The van der Waals surface area contributed by atoms with Gasteiger partial charge in [-0.25, -0.2) is 9.78 Å². The Bertz CT molecular complexity index is 1020. The number of pyridine rings is 1. The smallest absolute Gasteiger partial charge is 0.335 e. The van der Waals surface area contributed by atoms with Crippen molar-refractivity contribution in [1.29, 1.82) is 0 Å². The van der Waals surface area contributed by atoms with Gasteiger partial charge in [0.1, 0.15) is 10.6 Å². The van der Waals surface area contributed by atoms with Gasteiger partial charge in [-0.1, -0.05) is 25.2 Å². The fraction of sp³-hybridized carbons (Fsp3) is 0.222. The Balaban J connectivity index is 1.99. The molecule has 2 N–H and O–H groups in total. The Morgan fingerprint density at radius 1 is 1.19 bits per heavy atom. The van der Waals surface area contributed by atoms with Crippen molar-refractivity contribution in [3.05, 3.63) is 51.5 Å². The van der Waals surface area contributed by atoms with Crippen molar-refractivity contribution in [3.8, 4) is 0 Å². The standard InChI is InChI=1S/C18H17N3O3S2/c1-10(2)9-21(14-8-7-13-15(20-14)26-18(25)19-13)16(22)11-3-5-12(6-4-11)17(23)24/h3-8,10H,9H2,1-2H3,(H,19,25)(H,23,24). The molecule has 0 fully saturated rings. The largest absolute Gasteiger partial charge is 0.478 e. The monoisotopic (exact) mass is 387 g/mol. The lowest BCUT2D eigenvalue weighted by Gasteiger charge is -2.24. The van der Waals surface area contributed by atoms with E-state index < -0.39 is 5.97 Å². The molecule has 2 heterocycles. The highest BCUT2D eigenvalue weighted by Crippen LogP contribution is 2.23. The molecule has 0 spiro atoms. The maximum absolute atomic E-state index is 13.0. The first-order valence-corrected chi connectivity index (χ1v) is 9.22. The molecule has 134 valence electrons. The molecule has 2 aromatic heterocycles. The van der Waals surface area contributed by atoms with Crippen LogP contribution in [0.1, 0.15) is 34.6 Å². The summed E-state index contributed by atoms with van der Waals surface area (Å²) in [6.07, 6.45) is 0. The second-order valence-corrected chi connectivity index (χ2v) is 7.89. The number of thiazole rings is 1. The number of hydrogen-bond acceptors (Lipinski definition) is 5. The average molecular weight is 387 g/mol. The number of nitrogens with zero attached hydrogens (tertiary/aromatic N) is 2. The molecule has 0 saturated carbocycles. The van der Waals surface area contributed by atoms with Gasteiger partial charge in [0.05, 0.1) is 11.1 Å². The first kappa shape index (κ1) is 18.2. The van der Waals surface area contributed by atoms with Crippen LogP contribution in [0.2, 0.25) is 0 Å². The molecule has 26 heavy (non-hydrogen) atoms. The zero-order valence-corrected chi connectivity index (χ0v) is 15.9. The van der Waals surface area contributed by atoms with Gasteiger partial charge >= 0.3 is 5.97 Å². The molecule has 8 heteroatoms. The topological polar surface area (TPSA) is 86.3 Å². The van der Waals surface area contributed by atoms with E-state index in [4.69, 9.17) is 17.3 Å². The molecule has 3 rings (SSSR count). The zero-order valence-electron chi connectivity index (χ0n) is 14.2. The van der Waals surface area contributed by atoms with Gasteiger partial charge in [-0.15, -0.1) is 0 Å². The Kier molecular flexibility index (Phi) is 5.15. The van der Waals surface area contributed by atoms with Crippen LogP contribution in [0.5, 0.6) is 0 Å². The predicted octanol–water partition coefficient (Wildman–Crippen LogP) is 4.35. The molecule has 0 unspecified atom stereocenters. The minimum atomic E-state index is -1.02. The SMILES string of the molecule is CC(C)CN(C(=O)c1ccc(C(=O)O)cc1)c1ccc2[nH]c(=S)sc2n1. The van der Waals surface area contributed by atoms with Crippen LogP contribution in [0, 0.1) is 9.87 Å². The van der Waals surface area contributed by atoms with Gasteiger partial charge in [0, 0.05) is 12.1 Å². The highest BCUT2D eigenvalue weighted by Gasteiger charge is 2.21. The quantitative estimate of drug-likeness (QED) is 0.636. The number of carboxylic acids is 1. The summed E-state index contributed by atoms with van der Waals surface area (Å²) in [6.45, 7) is 4.53. The number of anilines is 1. The van der Waals surface area contributed by atoms with Gasteiger partial charge in [0.15, 0.2) is 3.95 Å². The van der Waals surface area contributed by atoms with E-state index in [9.17, 15) is 9.59 Å². The first-order chi connectivity index (χ1) is 12.3. The fourth-order valence-corrected chi connectivity index (χ4v) is 3.59. The maximum atomic E-state index is 13.0. The van der Waals surface area contributed by atoms with Crippen molar-refractivity contribution < 1.29 is 14.7 Å². The van der Waals surface area contributed by atoms with Crippen LogP contribution < -0.4 is 4.90 Å².